The van der Waals surface area contributed by atoms with Crippen molar-refractivity contribution in [3.05, 3.63) is 0 Å². The van der Waals surface area contributed by atoms with Crippen LogP contribution < -0.4 is 5.73 Å². The first-order chi connectivity index (χ1) is 5.61. The van der Waals surface area contributed by atoms with Gasteiger partial charge in [-0.15, -0.1) is 11.8 Å². The molecule has 1 heterocycles. The van der Waals surface area contributed by atoms with Crippen molar-refractivity contribution in [3.8, 4) is 0 Å². The molecule has 0 saturated carbocycles. The van der Waals surface area contributed by atoms with Gasteiger partial charge in [-0.1, -0.05) is 0 Å². The molecule has 70 valence electrons. The summed E-state index contributed by atoms with van der Waals surface area (Å²) in [6.45, 7) is 2.87. The predicted molar refractivity (Wildman–Crippen MR) is 52.1 cm³/mol. The Morgan fingerprint density at radius 1 is 1.83 bits per heavy atom. The van der Waals surface area contributed by atoms with Crippen molar-refractivity contribution >= 4 is 17.7 Å². The van der Waals surface area contributed by atoms with Gasteiger partial charge >= 0.3 is 0 Å². The summed E-state index contributed by atoms with van der Waals surface area (Å²) in [5, 5.41) is 0.168. The van der Waals surface area contributed by atoms with Crippen LogP contribution in [0.2, 0.25) is 0 Å². The van der Waals surface area contributed by atoms with Crippen LogP contribution in [0, 0.1) is 0 Å². The Hall–Kier alpha value is -0.220. The van der Waals surface area contributed by atoms with E-state index < -0.39 is 0 Å². The average Bonchev–Trinajstić information content (AvgIpc) is 2.30. The molecule has 0 aliphatic carbocycles. The largest absolute Gasteiger partial charge is 0.345 e. The van der Waals surface area contributed by atoms with Crippen LogP contribution >= 0.6 is 11.8 Å². The van der Waals surface area contributed by atoms with Crippen molar-refractivity contribution in [2.45, 2.75) is 24.6 Å². The van der Waals surface area contributed by atoms with Crippen molar-refractivity contribution in [1.82, 2.24) is 4.90 Å². The molecule has 2 N–H and O–H groups in total. The van der Waals surface area contributed by atoms with Crippen LogP contribution in [0.3, 0.4) is 0 Å². The number of nitrogens with zero attached hydrogens (tertiary/aromatic N) is 1. The second-order valence-electron chi connectivity index (χ2n) is 3.35. The van der Waals surface area contributed by atoms with E-state index in [9.17, 15) is 4.79 Å². The number of amides is 1. The molecule has 1 saturated heterocycles. The van der Waals surface area contributed by atoms with Gasteiger partial charge in [-0.2, -0.15) is 0 Å². The van der Waals surface area contributed by atoms with Gasteiger partial charge in [-0.25, -0.2) is 0 Å². The Kier molecular flexibility index (Phi) is 3.40. The lowest BCUT2D eigenvalue weighted by molar-refractivity contribution is -0.126. The highest BCUT2D eigenvalue weighted by Gasteiger charge is 2.29. The monoisotopic (exact) mass is 188 g/mol. The molecule has 0 radical (unpaired) electrons. The fraction of sp³-hybridized carbons (Fsp3) is 0.875. The molecule has 2 unspecified atom stereocenters. The fourth-order valence-corrected chi connectivity index (χ4v) is 2.34. The smallest absolute Gasteiger partial charge is 0.235 e. The van der Waals surface area contributed by atoms with Crippen LogP contribution in [0.25, 0.3) is 0 Å². The van der Waals surface area contributed by atoms with E-state index in [1.807, 2.05) is 14.0 Å². The minimum Gasteiger partial charge on any atom is -0.345 e. The molecule has 0 aromatic carbocycles. The summed E-state index contributed by atoms with van der Waals surface area (Å²) in [5.74, 6) is 1.14. The van der Waals surface area contributed by atoms with Gasteiger partial charge < -0.3 is 10.6 Å². The molecule has 0 aromatic rings. The van der Waals surface area contributed by atoms with Crippen LogP contribution in [-0.2, 0) is 4.79 Å². The average molecular weight is 188 g/mol. The van der Waals surface area contributed by atoms with Gasteiger partial charge in [0.05, 0.1) is 5.25 Å². The minimum atomic E-state index is 0.168. The zero-order chi connectivity index (χ0) is 9.14. The summed E-state index contributed by atoms with van der Waals surface area (Å²) in [4.78, 5) is 13.2. The summed E-state index contributed by atoms with van der Waals surface area (Å²) in [6, 6.07) is 0.189. The first-order valence-electron chi connectivity index (χ1n) is 4.23. The number of likely N-dealkylation sites (tertiary alicyclic amines) is 1. The molecular weight excluding hydrogens is 172 g/mol. The normalized spacial score (nSPS) is 26.4. The number of nitrogens with two attached hydrogens (primary N) is 1. The first-order valence-corrected chi connectivity index (χ1v) is 5.28. The number of rotatable bonds is 3. The molecule has 0 bridgehead atoms. The zero-order valence-electron chi connectivity index (χ0n) is 7.62. The van der Waals surface area contributed by atoms with Crippen LogP contribution in [-0.4, -0.2) is 41.4 Å². The van der Waals surface area contributed by atoms with E-state index in [0.29, 0.717) is 0 Å². The van der Waals surface area contributed by atoms with Crippen LogP contribution in [0.4, 0.5) is 0 Å². The van der Waals surface area contributed by atoms with Gasteiger partial charge in [0, 0.05) is 25.4 Å². The lowest BCUT2D eigenvalue weighted by Crippen LogP contribution is -2.26. The second-order valence-corrected chi connectivity index (χ2v) is 4.58. The Morgan fingerprint density at radius 3 is 2.92 bits per heavy atom. The second kappa shape index (κ2) is 4.14. The lowest BCUT2D eigenvalue weighted by atomic mass is 10.4. The van der Waals surface area contributed by atoms with Crippen molar-refractivity contribution in [1.29, 1.82) is 0 Å². The standard InChI is InChI=1S/C8H16N2OS/c1-6(9)5-12-7-3-4-10(2)8(7)11/h6-7H,3-5,9H2,1-2H3. The molecule has 0 aromatic heterocycles. The van der Waals surface area contributed by atoms with Crippen molar-refractivity contribution < 1.29 is 4.79 Å². The number of carbonyl (C=O) groups excluding carboxylic acids is 1. The number of carbonyl (C=O) groups is 1. The third-order valence-corrected chi connectivity index (χ3v) is 3.50. The summed E-state index contributed by atoms with van der Waals surface area (Å²) in [7, 11) is 1.86. The Bertz CT molecular complexity index is 172. The highest BCUT2D eigenvalue weighted by Crippen LogP contribution is 2.22. The quantitative estimate of drug-likeness (QED) is 0.693. The predicted octanol–water partition coefficient (Wildman–Crippen LogP) is 0.298. The molecule has 1 amide bonds. The third-order valence-electron chi connectivity index (χ3n) is 1.94. The summed E-state index contributed by atoms with van der Waals surface area (Å²) in [5.41, 5.74) is 5.60. The van der Waals surface area contributed by atoms with Gasteiger partial charge in [0.1, 0.15) is 0 Å². The van der Waals surface area contributed by atoms with Crippen LogP contribution in [0.1, 0.15) is 13.3 Å². The zero-order valence-corrected chi connectivity index (χ0v) is 8.43. The van der Waals surface area contributed by atoms with Gasteiger partial charge in [0.15, 0.2) is 0 Å². The number of hydrogen-bond donors (Lipinski definition) is 1. The van der Waals surface area contributed by atoms with Crippen molar-refractivity contribution in [2.75, 3.05) is 19.3 Å². The summed E-state index contributed by atoms with van der Waals surface area (Å²) in [6.07, 6.45) is 0.979. The topological polar surface area (TPSA) is 46.3 Å². The Labute approximate surface area is 77.7 Å². The molecule has 1 rings (SSSR count). The van der Waals surface area contributed by atoms with Gasteiger partial charge in [-0.05, 0) is 13.3 Å². The maximum atomic E-state index is 11.4. The van der Waals surface area contributed by atoms with Crippen molar-refractivity contribution in [2.24, 2.45) is 5.73 Å². The van der Waals surface area contributed by atoms with E-state index >= 15 is 0 Å². The summed E-state index contributed by atoms with van der Waals surface area (Å²) >= 11 is 1.69. The van der Waals surface area contributed by atoms with E-state index in [4.69, 9.17) is 5.73 Å². The molecule has 4 heteroatoms. The molecule has 1 aliphatic rings. The van der Waals surface area contributed by atoms with Gasteiger partial charge in [0.2, 0.25) is 5.91 Å². The molecule has 1 aliphatic heterocycles. The van der Waals surface area contributed by atoms with E-state index in [1.54, 1.807) is 16.7 Å². The first kappa shape index (κ1) is 9.86. The molecule has 0 spiro atoms. The highest BCUT2D eigenvalue weighted by molar-refractivity contribution is 8.00. The third kappa shape index (κ3) is 2.38. The molecule has 3 nitrogen and oxygen atoms in total. The maximum absolute atomic E-state index is 11.4. The number of hydrogen-bond acceptors (Lipinski definition) is 3. The molecule has 2 atom stereocenters. The Morgan fingerprint density at radius 2 is 2.50 bits per heavy atom. The van der Waals surface area contributed by atoms with Crippen LogP contribution in [0.5, 0.6) is 0 Å². The van der Waals surface area contributed by atoms with E-state index in [2.05, 4.69) is 0 Å². The van der Waals surface area contributed by atoms with Crippen molar-refractivity contribution in [3.63, 3.8) is 0 Å². The van der Waals surface area contributed by atoms with E-state index in [1.165, 1.54) is 0 Å². The molecular formula is C8H16N2OS. The SMILES string of the molecule is CC(N)CSC1CCN(C)C1=O. The van der Waals surface area contributed by atoms with Crippen LogP contribution in [0.15, 0.2) is 0 Å². The maximum Gasteiger partial charge on any atom is 0.235 e. The fourth-order valence-electron chi connectivity index (χ4n) is 1.21. The van der Waals surface area contributed by atoms with E-state index in [0.717, 1.165) is 18.7 Å². The molecule has 12 heavy (non-hydrogen) atoms. The lowest BCUT2D eigenvalue weighted by Gasteiger charge is -2.10. The van der Waals surface area contributed by atoms with Gasteiger partial charge in [0.25, 0.3) is 0 Å². The highest BCUT2D eigenvalue weighted by atomic mass is 32.2. The van der Waals surface area contributed by atoms with E-state index in [-0.39, 0.29) is 17.2 Å². The molecule has 1 fully saturated rings. The van der Waals surface area contributed by atoms with Gasteiger partial charge in [-0.3, -0.25) is 4.79 Å². The minimum absolute atomic E-state index is 0.168. The number of thioether (sulfide) groups is 1. The summed E-state index contributed by atoms with van der Waals surface area (Å²) < 4.78 is 0. The Balaban J connectivity index is 2.30.